The van der Waals surface area contributed by atoms with Gasteiger partial charge in [0.15, 0.2) is 5.69 Å². The molecule has 0 aromatic carbocycles. The Hall–Kier alpha value is -1.92. The lowest BCUT2D eigenvalue weighted by Crippen LogP contribution is -2.09. The van der Waals surface area contributed by atoms with Gasteiger partial charge in [-0.1, -0.05) is 6.92 Å². The second-order valence-electron chi connectivity index (χ2n) is 3.80. The quantitative estimate of drug-likeness (QED) is 0.829. The summed E-state index contributed by atoms with van der Waals surface area (Å²) in [5.74, 6) is 0.146. The predicted octanol–water partition coefficient (Wildman–Crippen LogP) is 2.55. The van der Waals surface area contributed by atoms with Gasteiger partial charge in [0.05, 0.1) is 0 Å². The van der Waals surface area contributed by atoms with Crippen LogP contribution in [0.5, 0.6) is 0 Å². The van der Waals surface area contributed by atoms with Crippen molar-refractivity contribution in [1.82, 2.24) is 19.7 Å². The Labute approximate surface area is 101 Å². The minimum atomic E-state index is -4.45. The molecule has 0 spiro atoms. The Balaban J connectivity index is 2.40. The lowest BCUT2D eigenvalue weighted by molar-refractivity contribution is -0.141. The first-order valence-corrected chi connectivity index (χ1v) is 5.37. The lowest BCUT2D eigenvalue weighted by atomic mass is 10.2. The van der Waals surface area contributed by atoms with Crippen LogP contribution in [0.15, 0.2) is 18.5 Å². The van der Waals surface area contributed by atoms with Crippen LogP contribution in [0, 0.1) is 6.92 Å². The van der Waals surface area contributed by atoms with Gasteiger partial charge in [0.1, 0.15) is 0 Å². The first-order chi connectivity index (χ1) is 8.41. The smallest absolute Gasteiger partial charge is 0.219 e. The van der Waals surface area contributed by atoms with Crippen LogP contribution >= 0.6 is 0 Å². The van der Waals surface area contributed by atoms with Crippen LogP contribution in [0.25, 0.3) is 5.95 Å². The van der Waals surface area contributed by atoms with Crippen LogP contribution in [-0.2, 0) is 12.6 Å². The summed E-state index contributed by atoms with van der Waals surface area (Å²) in [7, 11) is 0. The first-order valence-electron chi connectivity index (χ1n) is 5.37. The number of aryl methyl sites for hydroxylation is 2. The van der Waals surface area contributed by atoms with Gasteiger partial charge in [-0.25, -0.2) is 14.6 Å². The summed E-state index contributed by atoms with van der Waals surface area (Å²) in [6.07, 6.45) is -0.985. The van der Waals surface area contributed by atoms with E-state index in [4.69, 9.17) is 0 Å². The second-order valence-corrected chi connectivity index (χ2v) is 3.80. The standard InChI is InChI=1S/C11H11F3N4/c1-3-8-7(2)6-15-10(16-8)18-5-4-9(17-18)11(12,13)14/h4-6H,3H2,1-2H3. The summed E-state index contributed by atoms with van der Waals surface area (Å²) in [5.41, 5.74) is 0.748. The molecule has 2 rings (SSSR count). The average molecular weight is 256 g/mol. The number of hydrogen-bond acceptors (Lipinski definition) is 3. The molecule has 0 bridgehead atoms. The zero-order valence-electron chi connectivity index (χ0n) is 9.86. The number of nitrogens with zero attached hydrogens (tertiary/aromatic N) is 4. The SMILES string of the molecule is CCc1nc(-n2ccc(C(F)(F)F)n2)ncc1C. The molecule has 2 aromatic heterocycles. The zero-order chi connectivity index (χ0) is 13.3. The first kappa shape index (κ1) is 12.5. The van der Waals surface area contributed by atoms with Crippen molar-refractivity contribution in [3.8, 4) is 5.95 Å². The molecule has 0 N–H and O–H groups in total. The van der Waals surface area contributed by atoms with E-state index in [0.29, 0.717) is 6.42 Å². The minimum Gasteiger partial charge on any atom is -0.219 e. The molecule has 7 heteroatoms. The maximum Gasteiger partial charge on any atom is 0.435 e. The van der Waals surface area contributed by atoms with Crippen molar-refractivity contribution in [2.75, 3.05) is 0 Å². The van der Waals surface area contributed by atoms with Gasteiger partial charge in [-0.15, -0.1) is 0 Å². The molecule has 0 aliphatic carbocycles. The van der Waals surface area contributed by atoms with Crippen LogP contribution in [0.2, 0.25) is 0 Å². The third kappa shape index (κ3) is 2.34. The molecule has 0 aliphatic rings. The van der Waals surface area contributed by atoms with E-state index in [-0.39, 0.29) is 5.95 Å². The van der Waals surface area contributed by atoms with Gasteiger partial charge in [-0.05, 0) is 25.0 Å². The Morgan fingerprint density at radius 2 is 2.06 bits per heavy atom. The summed E-state index contributed by atoms with van der Waals surface area (Å²) in [6, 6.07) is 0.898. The number of aromatic nitrogens is 4. The fraction of sp³-hybridized carbons (Fsp3) is 0.364. The van der Waals surface area contributed by atoms with Crippen molar-refractivity contribution in [3.63, 3.8) is 0 Å². The van der Waals surface area contributed by atoms with E-state index in [0.717, 1.165) is 22.0 Å². The molecule has 18 heavy (non-hydrogen) atoms. The van der Waals surface area contributed by atoms with E-state index in [1.54, 1.807) is 6.20 Å². The molecule has 0 saturated heterocycles. The highest BCUT2D eigenvalue weighted by molar-refractivity contribution is 5.22. The van der Waals surface area contributed by atoms with Crippen LogP contribution in [-0.4, -0.2) is 19.7 Å². The monoisotopic (exact) mass is 256 g/mol. The molecule has 0 amide bonds. The Morgan fingerprint density at radius 1 is 1.33 bits per heavy atom. The van der Waals surface area contributed by atoms with Crippen molar-refractivity contribution in [1.29, 1.82) is 0 Å². The normalized spacial score (nSPS) is 11.8. The van der Waals surface area contributed by atoms with Gasteiger partial charge in [-0.3, -0.25) is 0 Å². The largest absolute Gasteiger partial charge is 0.435 e. The molecule has 2 heterocycles. The van der Waals surface area contributed by atoms with Crippen molar-refractivity contribution < 1.29 is 13.2 Å². The van der Waals surface area contributed by atoms with E-state index in [1.165, 1.54) is 6.20 Å². The summed E-state index contributed by atoms with van der Waals surface area (Å²) in [6.45, 7) is 3.77. The summed E-state index contributed by atoms with van der Waals surface area (Å²) < 4.78 is 38.3. The molecule has 96 valence electrons. The van der Waals surface area contributed by atoms with E-state index < -0.39 is 11.9 Å². The molecule has 2 aromatic rings. The van der Waals surface area contributed by atoms with Crippen molar-refractivity contribution in [2.24, 2.45) is 0 Å². The molecule has 4 nitrogen and oxygen atoms in total. The van der Waals surface area contributed by atoms with Crippen molar-refractivity contribution in [3.05, 3.63) is 35.4 Å². The number of rotatable bonds is 2. The summed E-state index contributed by atoms with van der Waals surface area (Å²) >= 11 is 0. The van der Waals surface area contributed by atoms with Gasteiger partial charge >= 0.3 is 6.18 Å². The van der Waals surface area contributed by atoms with Gasteiger partial charge < -0.3 is 0 Å². The van der Waals surface area contributed by atoms with Gasteiger partial charge in [0.25, 0.3) is 5.95 Å². The van der Waals surface area contributed by atoms with Crippen LogP contribution < -0.4 is 0 Å². The fourth-order valence-corrected chi connectivity index (χ4v) is 1.52. The van der Waals surface area contributed by atoms with Crippen LogP contribution in [0.4, 0.5) is 13.2 Å². The molecule has 0 aliphatic heterocycles. The molecule has 0 saturated carbocycles. The van der Waals surface area contributed by atoms with Gasteiger partial charge in [0, 0.05) is 18.1 Å². The molecule has 0 atom stereocenters. The van der Waals surface area contributed by atoms with Crippen molar-refractivity contribution in [2.45, 2.75) is 26.4 Å². The third-order valence-electron chi connectivity index (χ3n) is 2.48. The van der Waals surface area contributed by atoms with Gasteiger partial charge in [-0.2, -0.15) is 18.3 Å². The number of halogens is 3. The zero-order valence-corrected chi connectivity index (χ0v) is 9.86. The van der Waals surface area contributed by atoms with Gasteiger partial charge in [0.2, 0.25) is 0 Å². The van der Waals surface area contributed by atoms with Crippen LogP contribution in [0.3, 0.4) is 0 Å². The average Bonchev–Trinajstić information content (AvgIpc) is 2.78. The van der Waals surface area contributed by atoms with E-state index in [1.807, 2.05) is 13.8 Å². The molecular weight excluding hydrogens is 245 g/mol. The molecular formula is C11H11F3N4. The van der Waals surface area contributed by atoms with Crippen LogP contribution in [0.1, 0.15) is 23.9 Å². The molecule has 0 radical (unpaired) electrons. The highest BCUT2D eigenvalue weighted by atomic mass is 19.4. The lowest BCUT2D eigenvalue weighted by Gasteiger charge is -2.05. The Bertz CT molecular complexity index is 560. The Kier molecular flexibility index (Phi) is 3.06. The summed E-state index contributed by atoms with van der Waals surface area (Å²) in [5, 5.41) is 3.42. The Morgan fingerprint density at radius 3 is 2.61 bits per heavy atom. The van der Waals surface area contributed by atoms with Crippen molar-refractivity contribution >= 4 is 0 Å². The third-order valence-corrected chi connectivity index (χ3v) is 2.48. The number of alkyl halides is 3. The second kappa shape index (κ2) is 4.40. The molecule has 0 fully saturated rings. The maximum atomic E-state index is 12.4. The summed E-state index contributed by atoms with van der Waals surface area (Å²) in [4.78, 5) is 8.15. The fourth-order valence-electron chi connectivity index (χ4n) is 1.52. The topological polar surface area (TPSA) is 43.6 Å². The minimum absolute atomic E-state index is 0.146. The van der Waals surface area contributed by atoms with E-state index >= 15 is 0 Å². The highest BCUT2D eigenvalue weighted by Gasteiger charge is 2.33. The van der Waals surface area contributed by atoms with E-state index in [9.17, 15) is 13.2 Å². The molecule has 0 unspecified atom stereocenters. The highest BCUT2D eigenvalue weighted by Crippen LogP contribution is 2.27. The maximum absolute atomic E-state index is 12.4. The predicted molar refractivity (Wildman–Crippen MR) is 58.3 cm³/mol. The van der Waals surface area contributed by atoms with E-state index in [2.05, 4.69) is 15.1 Å². The number of hydrogen-bond donors (Lipinski definition) is 0.